The molecule has 0 radical (unpaired) electrons. The van der Waals surface area contributed by atoms with Crippen molar-refractivity contribution in [3.8, 4) is 0 Å². The van der Waals surface area contributed by atoms with Crippen LogP contribution in [-0.4, -0.2) is 12.3 Å². The Hall–Kier alpha value is 0.857. The maximum Gasteiger partial charge on any atom is -0.147 e. The first-order valence-electron chi connectivity index (χ1n) is 5.14. The predicted octanol–water partition coefficient (Wildman–Crippen LogP) is 1.77. The predicted molar refractivity (Wildman–Crippen MR) is 75.3 cm³/mol. The number of halogens is 2. The molecule has 0 atom stereocenters. The molecule has 15 heavy (non-hydrogen) atoms. The van der Waals surface area contributed by atoms with Crippen molar-refractivity contribution >= 4 is 37.1 Å². The zero-order valence-corrected chi connectivity index (χ0v) is 15.5. The fourth-order valence-electron chi connectivity index (χ4n) is 2.58. The van der Waals surface area contributed by atoms with Crippen LogP contribution in [0.3, 0.4) is 0 Å². The van der Waals surface area contributed by atoms with Crippen molar-refractivity contribution in [1.29, 1.82) is 0 Å². The summed E-state index contributed by atoms with van der Waals surface area (Å²) in [5.74, 6) is 0. The Morgan fingerprint density at radius 3 is 1.60 bits per heavy atom. The van der Waals surface area contributed by atoms with Crippen molar-refractivity contribution in [3.05, 3.63) is 43.0 Å². The van der Waals surface area contributed by atoms with Crippen LogP contribution in [0.2, 0.25) is 0 Å². The summed E-state index contributed by atoms with van der Waals surface area (Å²) < 4.78 is 3.98. The van der Waals surface area contributed by atoms with Gasteiger partial charge in [0, 0.05) is 0 Å². The standard InChI is InChI=1S/2C5H5.2ClH.H4Si2.Zr/c2*1-2-4-5-3-1;;;1-2;/h2*1-3H,4H2;2*1H;1-2H2;. The molecule has 2 aliphatic carbocycles. The molecule has 1 aliphatic heterocycles. The Bertz CT molecular complexity index is 336. The molecule has 0 aromatic carbocycles. The van der Waals surface area contributed by atoms with Crippen molar-refractivity contribution in [3.63, 3.8) is 0 Å². The maximum atomic E-state index is 2.49. The van der Waals surface area contributed by atoms with Crippen molar-refractivity contribution in [2.75, 3.05) is 0 Å². The van der Waals surface area contributed by atoms with Crippen LogP contribution in [0.5, 0.6) is 0 Å². The molecule has 0 N–H and O–H groups in total. The average Bonchev–Trinajstić information content (AvgIpc) is 2.68. The molecular weight excluding hydrogens is 338 g/mol. The summed E-state index contributed by atoms with van der Waals surface area (Å²) in [6, 6.07) is 0. The maximum absolute atomic E-state index is 2.49. The zero-order valence-electron chi connectivity index (χ0n) is 8.61. The van der Waals surface area contributed by atoms with Gasteiger partial charge < -0.3 is 0 Å². The smallest absolute Gasteiger partial charge is 0.147 e. The van der Waals surface area contributed by atoms with Crippen molar-refractivity contribution in [2.45, 2.75) is 12.8 Å². The van der Waals surface area contributed by atoms with Gasteiger partial charge in [-0.2, -0.15) is 0 Å². The summed E-state index contributed by atoms with van der Waals surface area (Å²) in [7, 11) is 0. The first kappa shape index (κ1) is 13.9. The second-order valence-corrected chi connectivity index (χ2v) is 59.0. The van der Waals surface area contributed by atoms with E-state index in [0.29, 0.717) is 12.3 Å². The molecule has 3 rings (SSSR count). The third-order valence-corrected chi connectivity index (χ3v) is 61.3. The van der Waals surface area contributed by atoms with Gasteiger partial charge >= 0.3 is 86.8 Å². The first-order valence-corrected chi connectivity index (χ1v) is 23.4. The fourth-order valence-corrected chi connectivity index (χ4v) is 87.1. The molecule has 0 spiro atoms. The van der Waals surface area contributed by atoms with E-state index in [1.165, 1.54) is 12.8 Å². The van der Waals surface area contributed by atoms with Crippen LogP contribution in [0.25, 0.3) is 0 Å². The SMILES string of the molecule is C1=CC[C]([Zr]2([C]3=CC=CC3)[SiH2][SiH2]2)=C1.Cl.Cl. The molecule has 0 saturated carbocycles. The topological polar surface area (TPSA) is 0 Å². The first-order chi connectivity index (χ1) is 6.42. The molecular formula is C10H16Cl2Si2Zr. The molecule has 0 bridgehead atoms. The summed E-state index contributed by atoms with van der Waals surface area (Å²) in [4.78, 5) is 0. The molecule has 0 nitrogen and oxygen atoms in total. The third-order valence-electron chi connectivity index (χ3n) is 3.52. The number of hydrogen-bond acceptors (Lipinski definition) is 0. The normalized spacial score (nSPS) is 27.2. The van der Waals surface area contributed by atoms with Crippen molar-refractivity contribution in [1.82, 2.24) is 0 Å². The van der Waals surface area contributed by atoms with Crippen LogP contribution >= 0.6 is 24.8 Å². The molecule has 0 amide bonds. The van der Waals surface area contributed by atoms with Crippen molar-refractivity contribution < 1.29 is 18.6 Å². The van der Waals surface area contributed by atoms with Gasteiger partial charge in [0.2, 0.25) is 0 Å². The summed E-state index contributed by atoms with van der Waals surface area (Å²) in [6.45, 7) is 0. The summed E-state index contributed by atoms with van der Waals surface area (Å²) in [5.41, 5.74) is 0. The van der Waals surface area contributed by atoms with E-state index < -0.39 is 18.6 Å². The average molecular weight is 355 g/mol. The van der Waals surface area contributed by atoms with Gasteiger partial charge in [-0.1, -0.05) is 0 Å². The zero-order chi connectivity index (χ0) is 8.73. The second-order valence-electron chi connectivity index (χ2n) is 4.23. The second kappa shape index (κ2) is 5.46. The van der Waals surface area contributed by atoms with Gasteiger partial charge in [0.05, 0.1) is 0 Å². The molecule has 0 unspecified atom stereocenters. The van der Waals surface area contributed by atoms with E-state index in [4.69, 9.17) is 0 Å². The van der Waals surface area contributed by atoms with Crippen LogP contribution in [-0.2, 0) is 18.6 Å². The Balaban J connectivity index is 0.000000562. The number of allylic oxidation sites excluding steroid dienone is 8. The molecule has 1 heterocycles. The fraction of sp³-hybridized carbons (Fsp3) is 0.200. The molecule has 82 valence electrons. The monoisotopic (exact) mass is 352 g/mol. The quantitative estimate of drug-likeness (QED) is 0.663. The molecule has 1 fully saturated rings. The van der Waals surface area contributed by atoms with E-state index in [9.17, 15) is 0 Å². The van der Waals surface area contributed by atoms with Crippen LogP contribution < -0.4 is 0 Å². The Morgan fingerprint density at radius 2 is 1.33 bits per heavy atom. The van der Waals surface area contributed by atoms with Gasteiger partial charge in [0.1, 0.15) is 0 Å². The molecule has 0 aromatic rings. The minimum Gasteiger partial charge on any atom is -0.147 e. The molecule has 3 aliphatic rings. The summed E-state index contributed by atoms with van der Waals surface area (Å²) in [6.07, 6.45) is 18.1. The van der Waals surface area contributed by atoms with Crippen LogP contribution in [0.1, 0.15) is 12.8 Å². The van der Waals surface area contributed by atoms with Gasteiger partial charge in [-0.25, -0.2) is 0 Å². The van der Waals surface area contributed by atoms with E-state index in [1.54, 1.807) is 0 Å². The van der Waals surface area contributed by atoms with Gasteiger partial charge in [0.15, 0.2) is 0 Å². The van der Waals surface area contributed by atoms with Crippen molar-refractivity contribution in [2.24, 2.45) is 0 Å². The van der Waals surface area contributed by atoms with E-state index in [1.807, 2.05) is 6.56 Å². The molecule has 5 heteroatoms. The largest absolute Gasteiger partial charge is 0.147 e. The van der Waals surface area contributed by atoms with Gasteiger partial charge in [-0.15, -0.1) is 24.8 Å². The Labute approximate surface area is 111 Å². The molecule has 0 aromatic heterocycles. The van der Waals surface area contributed by atoms with E-state index in [0.717, 1.165) is 0 Å². The molecule has 1 saturated heterocycles. The Morgan fingerprint density at radius 1 is 0.867 bits per heavy atom. The number of hydrogen-bond donors (Lipinski definition) is 0. The van der Waals surface area contributed by atoms with Crippen LogP contribution in [0.15, 0.2) is 43.0 Å². The van der Waals surface area contributed by atoms with E-state index in [-0.39, 0.29) is 24.8 Å². The van der Waals surface area contributed by atoms with E-state index >= 15 is 0 Å². The van der Waals surface area contributed by atoms with Gasteiger partial charge in [-0.3, -0.25) is 0 Å². The Kier molecular flexibility index (Phi) is 5.07. The van der Waals surface area contributed by atoms with Crippen LogP contribution in [0, 0.1) is 0 Å². The number of rotatable bonds is 2. The summed E-state index contributed by atoms with van der Waals surface area (Å²) in [5, 5.41) is 0. The van der Waals surface area contributed by atoms with Crippen LogP contribution in [0.4, 0.5) is 0 Å². The van der Waals surface area contributed by atoms with E-state index in [2.05, 4.69) is 36.5 Å². The van der Waals surface area contributed by atoms with Gasteiger partial charge in [0.25, 0.3) is 0 Å². The minimum absolute atomic E-state index is 0. The third kappa shape index (κ3) is 2.42. The minimum atomic E-state index is -1.48. The summed E-state index contributed by atoms with van der Waals surface area (Å²) >= 11 is -1.48. The van der Waals surface area contributed by atoms with Gasteiger partial charge in [-0.05, 0) is 0 Å².